The molecule has 22 heavy (non-hydrogen) atoms. The van der Waals surface area contributed by atoms with E-state index in [0.717, 1.165) is 23.8 Å². The SMILES string of the molecule is CN(Cc1ncc(-c2ccccc2)o1)CC(C)(C)CN.Cl.Cl. The first-order valence-electron chi connectivity index (χ1n) is 6.89. The Morgan fingerprint density at radius 2 is 1.82 bits per heavy atom. The quantitative estimate of drug-likeness (QED) is 0.868. The average Bonchev–Trinajstić information content (AvgIpc) is 2.87. The van der Waals surface area contributed by atoms with Gasteiger partial charge < -0.3 is 10.2 Å². The molecule has 124 valence electrons. The normalized spacial score (nSPS) is 11.0. The van der Waals surface area contributed by atoms with Gasteiger partial charge in [-0.1, -0.05) is 44.2 Å². The second-order valence-corrected chi connectivity index (χ2v) is 6.02. The van der Waals surface area contributed by atoms with E-state index in [2.05, 4.69) is 30.8 Å². The van der Waals surface area contributed by atoms with E-state index in [9.17, 15) is 0 Å². The molecule has 0 unspecified atom stereocenters. The lowest BCUT2D eigenvalue weighted by Crippen LogP contribution is -2.36. The number of rotatable bonds is 6. The van der Waals surface area contributed by atoms with Crippen molar-refractivity contribution in [3.63, 3.8) is 0 Å². The van der Waals surface area contributed by atoms with Gasteiger partial charge in [0.2, 0.25) is 5.89 Å². The first kappa shape index (κ1) is 20.9. The summed E-state index contributed by atoms with van der Waals surface area (Å²) in [4.78, 5) is 6.54. The van der Waals surface area contributed by atoms with Gasteiger partial charge >= 0.3 is 0 Å². The molecule has 0 bridgehead atoms. The molecule has 2 aromatic rings. The summed E-state index contributed by atoms with van der Waals surface area (Å²) in [5.41, 5.74) is 6.92. The van der Waals surface area contributed by atoms with Crippen LogP contribution in [0.15, 0.2) is 40.9 Å². The molecule has 1 heterocycles. The maximum atomic E-state index is 5.80. The van der Waals surface area contributed by atoms with Crippen LogP contribution in [0.3, 0.4) is 0 Å². The highest BCUT2D eigenvalue weighted by Crippen LogP contribution is 2.21. The first-order chi connectivity index (χ1) is 9.50. The van der Waals surface area contributed by atoms with Crippen molar-refractivity contribution in [3.8, 4) is 11.3 Å². The number of benzene rings is 1. The van der Waals surface area contributed by atoms with Crippen molar-refractivity contribution >= 4 is 24.8 Å². The van der Waals surface area contributed by atoms with Crippen molar-refractivity contribution in [1.29, 1.82) is 0 Å². The van der Waals surface area contributed by atoms with E-state index < -0.39 is 0 Å². The summed E-state index contributed by atoms with van der Waals surface area (Å²) in [6.07, 6.45) is 1.78. The number of hydrogen-bond acceptors (Lipinski definition) is 4. The Morgan fingerprint density at radius 3 is 2.41 bits per heavy atom. The second-order valence-electron chi connectivity index (χ2n) is 6.02. The number of oxazole rings is 1. The zero-order valence-electron chi connectivity index (χ0n) is 13.3. The van der Waals surface area contributed by atoms with E-state index in [0.29, 0.717) is 13.1 Å². The molecule has 0 radical (unpaired) electrons. The van der Waals surface area contributed by atoms with Crippen LogP contribution >= 0.6 is 24.8 Å². The van der Waals surface area contributed by atoms with E-state index in [1.165, 1.54) is 0 Å². The van der Waals surface area contributed by atoms with E-state index in [4.69, 9.17) is 10.2 Å². The molecule has 0 aliphatic heterocycles. The summed E-state index contributed by atoms with van der Waals surface area (Å²) in [5, 5.41) is 0. The Labute approximate surface area is 144 Å². The molecule has 0 fully saturated rings. The number of halogens is 2. The molecule has 0 saturated carbocycles. The fraction of sp³-hybridized carbons (Fsp3) is 0.438. The fourth-order valence-corrected chi connectivity index (χ4v) is 2.20. The number of nitrogens with two attached hydrogens (primary N) is 1. The van der Waals surface area contributed by atoms with Gasteiger partial charge in [-0.2, -0.15) is 0 Å². The predicted molar refractivity (Wildman–Crippen MR) is 95.6 cm³/mol. The van der Waals surface area contributed by atoms with Gasteiger partial charge in [0.05, 0.1) is 12.7 Å². The molecule has 4 nitrogen and oxygen atoms in total. The molecular formula is C16H25Cl2N3O. The Morgan fingerprint density at radius 1 is 1.18 bits per heavy atom. The minimum Gasteiger partial charge on any atom is -0.439 e. The van der Waals surface area contributed by atoms with Crippen molar-refractivity contribution in [3.05, 3.63) is 42.4 Å². The number of aromatic nitrogens is 1. The van der Waals surface area contributed by atoms with Gasteiger partial charge in [0, 0.05) is 12.1 Å². The Balaban J connectivity index is 0.00000220. The summed E-state index contributed by atoms with van der Waals surface area (Å²) >= 11 is 0. The molecule has 6 heteroatoms. The molecule has 2 rings (SSSR count). The van der Waals surface area contributed by atoms with Gasteiger partial charge in [-0.3, -0.25) is 4.90 Å². The molecular weight excluding hydrogens is 321 g/mol. The van der Waals surface area contributed by atoms with Gasteiger partial charge in [-0.15, -0.1) is 24.8 Å². The number of hydrogen-bond donors (Lipinski definition) is 1. The lowest BCUT2D eigenvalue weighted by Gasteiger charge is -2.28. The van der Waals surface area contributed by atoms with Crippen LogP contribution in [0.25, 0.3) is 11.3 Å². The smallest absolute Gasteiger partial charge is 0.209 e. The largest absolute Gasteiger partial charge is 0.439 e. The maximum absolute atomic E-state index is 5.80. The summed E-state index contributed by atoms with van der Waals surface area (Å²) in [6, 6.07) is 10.0. The zero-order chi connectivity index (χ0) is 14.6. The van der Waals surface area contributed by atoms with Crippen LogP contribution in [-0.2, 0) is 6.54 Å². The molecule has 0 atom stereocenters. The van der Waals surface area contributed by atoms with Crippen LogP contribution in [-0.4, -0.2) is 30.0 Å². The van der Waals surface area contributed by atoms with Crippen molar-refractivity contribution in [1.82, 2.24) is 9.88 Å². The molecule has 1 aromatic carbocycles. The summed E-state index contributed by atoms with van der Waals surface area (Å²) < 4.78 is 5.80. The first-order valence-corrected chi connectivity index (χ1v) is 6.89. The minimum absolute atomic E-state index is 0. The Hall–Kier alpha value is -1.07. The average molecular weight is 346 g/mol. The molecule has 0 spiro atoms. The van der Waals surface area contributed by atoms with E-state index >= 15 is 0 Å². The third-order valence-corrected chi connectivity index (χ3v) is 3.27. The van der Waals surface area contributed by atoms with Crippen LogP contribution in [0.5, 0.6) is 0 Å². The summed E-state index contributed by atoms with van der Waals surface area (Å²) in [7, 11) is 2.06. The highest BCUT2D eigenvalue weighted by Gasteiger charge is 2.19. The number of nitrogens with zero attached hydrogens (tertiary/aromatic N) is 2. The van der Waals surface area contributed by atoms with Gasteiger partial charge in [0.1, 0.15) is 0 Å². The van der Waals surface area contributed by atoms with Crippen LogP contribution in [0.4, 0.5) is 0 Å². The Kier molecular flexibility index (Phi) is 8.71. The molecule has 0 aliphatic rings. The summed E-state index contributed by atoms with van der Waals surface area (Å²) in [6.45, 7) is 6.59. The van der Waals surface area contributed by atoms with Crippen molar-refractivity contribution in [2.24, 2.45) is 11.1 Å². The van der Waals surface area contributed by atoms with Gasteiger partial charge in [0.25, 0.3) is 0 Å². The van der Waals surface area contributed by atoms with Crippen LogP contribution < -0.4 is 5.73 Å². The zero-order valence-corrected chi connectivity index (χ0v) is 14.9. The topological polar surface area (TPSA) is 55.3 Å². The molecule has 0 saturated heterocycles. The third-order valence-electron chi connectivity index (χ3n) is 3.27. The lowest BCUT2D eigenvalue weighted by molar-refractivity contribution is 0.196. The highest BCUT2D eigenvalue weighted by molar-refractivity contribution is 5.85. The van der Waals surface area contributed by atoms with Crippen molar-refractivity contribution < 1.29 is 4.42 Å². The van der Waals surface area contributed by atoms with Gasteiger partial charge in [0.15, 0.2) is 5.76 Å². The molecule has 2 N–H and O–H groups in total. The van der Waals surface area contributed by atoms with Crippen LogP contribution in [0, 0.1) is 5.41 Å². The highest BCUT2D eigenvalue weighted by atomic mass is 35.5. The Bertz CT molecular complexity index is 543. The van der Waals surface area contributed by atoms with E-state index in [-0.39, 0.29) is 30.2 Å². The lowest BCUT2D eigenvalue weighted by atomic mass is 9.93. The maximum Gasteiger partial charge on any atom is 0.209 e. The summed E-state index contributed by atoms with van der Waals surface area (Å²) in [5.74, 6) is 1.55. The molecule has 1 aromatic heterocycles. The molecule has 0 amide bonds. The predicted octanol–water partition coefficient (Wildman–Crippen LogP) is 3.60. The van der Waals surface area contributed by atoms with Gasteiger partial charge in [-0.25, -0.2) is 4.98 Å². The fourth-order valence-electron chi connectivity index (χ4n) is 2.20. The van der Waals surface area contributed by atoms with Gasteiger partial charge in [-0.05, 0) is 19.0 Å². The third kappa shape index (κ3) is 5.97. The monoisotopic (exact) mass is 345 g/mol. The second kappa shape index (κ2) is 9.16. The van der Waals surface area contributed by atoms with Crippen LogP contribution in [0.1, 0.15) is 19.7 Å². The van der Waals surface area contributed by atoms with E-state index in [1.54, 1.807) is 6.20 Å². The minimum atomic E-state index is 0. The molecule has 0 aliphatic carbocycles. The standard InChI is InChI=1S/C16H23N3O.2ClH/c1-16(2,11-17)12-19(3)10-15-18-9-14(20-15)13-7-5-4-6-8-13;;/h4-9H,10-12,17H2,1-3H3;2*1H. The van der Waals surface area contributed by atoms with E-state index in [1.807, 2.05) is 30.3 Å². The van der Waals surface area contributed by atoms with Crippen molar-refractivity contribution in [2.45, 2.75) is 20.4 Å². The van der Waals surface area contributed by atoms with Crippen molar-refractivity contribution in [2.75, 3.05) is 20.1 Å². The van der Waals surface area contributed by atoms with Crippen LogP contribution in [0.2, 0.25) is 0 Å².